The summed E-state index contributed by atoms with van der Waals surface area (Å²) >= 11 is 3.34. The van der Waals surface area contributed by atoms with Crippen molar-refractivity contribution in [3.05, 3.63) is 70.0 Å². The first-order valence-corrected chi connectivity index (χ1v) is 12.3. The minimum atomic E-state index is -4.54. The Hall–Kier alpha value is -1.91. The molecule has 1 aliphatic carbocycles. The van der Waals surface area contributed by atoms with E-state index in [0.29, 0.717) is 16.6 Å². The van der Waals surface area contributed by atoms with Crippen LogP contribution in [-0.4, -0.2) is 21.0 Å². The van der Waals surface area contributed by atoms with Crippen LogP contribution >= 0.6 is 15.9 Å². The molecule has 2 N–H and O–H groups in total. The quantitative estimate of drug-likeness (QED) is 0.381. The third kappa shape index (κ3) is 3.97. The van der Waals surface area contributed by atoms with Crippen LogP contribution in [-0.2, 0) is 21.6 Å². The molecule has 0 aromatic heterocycles. The molecule has 1 aliphatic heterocycles. The lowest BCUT2D eigenvalue weighted by Gasteiger charge is -2.42. The second-order valence-electron chi connectivity index (χ2n) is 8.14. The largest absolute Gasteiger partial charge is 0.416 e. The highest BCUT2D eigenvalue weighted by Gasteiger charge is 2.51. The zero-order chi connectivity index (χ0) is 23.3. The van der Waals surface area contributed by atoms with Crippen molar-refractivity contribution in [1.82, 2.24) is 4.72 Å². The average molecular weight is 533 g/mol. The van der Waals surface area contributed by atoms with Crippen molar-refractivity contribution in [2.45, 2.75) is 48.2 Å². The van der Waals surface area contributed by atoms with E-state index in [1.165, 1.54) is 6.07 Å². The molecule has 2 atom stereocenters. The minimum absolute atomic E-state index is 0.0220. The topological polar surface area (TPSA) is 58.2 Å². The molecule has 1 heterocycles. The first-order chi connectivity index (χ1) is 14.9. The molecule has 10 heteroatoms. The van der Waals surface area contributed by atoms with Gasteiger partial charge in [0.2, 0.25) is 10.0 Å². The van der Waals surface area contributed by atoms with Crippen molar-refractivity contribution >= 4 is 31.6 Å². The smallest absolute Gasteiger partial charge is 0.378 e. The molecule has 0 radical (unpaired) electrons. The van der Waals surface area contributed by atoms with E-state index in [2.05, 4.69) is 32.5 Å². The summed E-state index contributed by atoms with van der Waals surface area (Å²) in [6.45, 7) is 4.25. The first kappa shape index (κ1) is 23.3. The van der Waals surface area contributed by atoms with Gasteiger partial charge in [-0.05, 0) is 67.6 Å². The van der Waals surface area contributed by atoms with E-state index in [1.54, 1.807) is 0 Å². The van der Waals surface area contributed by atoms with Gasteiger partial charge >= 0.3 is 6.18 Å². The Morgan fingerprint density at radius 3 is 2.56 bits per heavy atom. The van der Waals surface area contributed by atoms with E-state index in [-0.39, 0.29) is 23.3 Å². The fourth-order valence-corrected chi connectivity index (χ4v) is 6.29. The van der Waals surface area contributed by atoms with E-state index < -0.39 is 27.2 Å². The van der Waals surface area contributed by atoms with Crippen LogP contribution in [0.5, 0.6) is 0 Å². The van der Waals surface area contributed by atoms with Crippen LogP contribution < -0.4 is 10.0 Å². The van der Waals surface area contributed by atoms with Gasteiger partial charge in [0.25, 0.3) is 0 Å². The zero-order valence-electron chi connectivity index (χ0n) is 16.9. The molecule has 32 heavy (non-hydrogen) atoms. The molecule has 4 rings (SSSR count). The molecule has 2 unspecified atom stereocenters. The van der Waals surface area contributed by atoms with Crippen LogP contribution in [0, 0.1) is 5.82 Å². The highest BCUT2D eigenvalue weighted by Crippen LogP contribution is 2.54. The highest BCUT2D eigenvalue weighted by atomic mass is 79.9. The van der Waals surface area contributed by atoms with Crippen LogP contribution in [0.4, 0.5) is 23.2 Å². The number of fused-ring (bicyclic) bond motifs is 3. The molecule has 2 aromatic carbocycles. The van der Waals surface area contributed by atoms with Crippen LogP contribution in [0.1, 0.15) is 36.8 Å². The number of hydrogen-bond donors (Lipinski definition) is 2. The summed E-state index contributed by atoms with van der Waals surface area (Å²) in [5, 5.41) is 3.26. The fourth-order valence-electron chi connectivity index (χ4n) is 4.83. The van der Waals surface area contributed by atoms with Gasteiger partial charge in [0.1, 0.15) is 5.82 Å². The minimum Gasteiger partial charge on any atom is -0.378 e. The fraction of sp³-hybridized carbons (Fsp3) is 0.364. The maximum absolute atomic E-state index is 14.6. The number of rotatable bonds is 5. The SMILES string of the molecule is C=C1CCCC2Nc3c(F)cc(Br)cc3C12CCNS(=O)(=O)c1ccc(C(F)(F)F)cc1. The maximum Gasteiger partial charge on any atom is 0.416 e. The van der Waals surface area contributed by atoms with Crippen molar-refractivity contribution in [3.63, 3.8) is 0 Å². The second kappa shape index (κ2) is 8.14. The van der Waals surface area contributed by atoms with Gasteiger partial charge < -0.3 is 5.32 Å². The summed E-state index contributed by atoms with van der Waals surface area (Å²) in [6.07, 6.45) is -1.77. The standard InChI is InChI=1S/C22H21BrF4N2O2S/c1-13-3-2-4-19-21(13,17-11-15(23)12-18(24)20(17)29-19)9-10-28-32(30,31)16-7-5-14(6-8-16)22(25,26)27/h5-8,11-12,19,28-29H,1-4,9-10H2. The number of benzene rings is 2. The molecule has 0 spiro atoms. The predicted molar refractivity (Wildman–Crippen MR) is 117 cm³/mol. The monoisotopic (exact) mass is 532 g/mol. The molecular weight excluding hydrogens is 512 g/mol. The Kier molecular flexibility index (Phi) is 5.92. The number of sulfonamides is 1. The van der Waals surface area contributed by atoms with E-state index in [9.17, 15) is 26.0 Å². The van der Waals surface area contributed by atoms with Gasteiger partial charge in [0.15, 0.2) is 0 Å². The molecule has 2 aliphatic rings. The number of hydrogen-bond acceptors (Lipinski definition) is 3. The summed E-state index contributed by atoms with van der Waals surface area (Å²) in [4.78, 5) is -0.249. The van der Waals surface area contributed by atoms with Crippen LogP contribution in [0.2, 0.25) is 0 Å². The number of anilines is 1. The van der Waals surface area contributed by atoms with Gasteiger partial charge in [-0.15, -0.1) is 0 Å². The lowest BCUT2D eigenvalue weighted by Crippen LogP contribution is -2.45. The van der Waals surface area contributed by atoms with Crippen molar-refractivity contribution in [1.29, 1.82) is 0 Å². The Morgan fingerprint density at radius 2 is 1.91 bits per heavy atom. The third-order valence-corrected chi connectivity index (χ3v) is 8.29. The molecule has 0 bridgehead atoms. The van der Waals surface area contributed by atoms with E-state index >= 15 is 0 Å². The van der Waals surface area contributed by atoms with Gasteiger partial charge in [0.05, 0.1) is 16.1 Å². The Bertz CT molecular complexity index is 1170. The Morgan fingerprint density at radius 1 is 1.22 bits per heavy atom. The molecule has 172 valence electrons. The zero-order valence-corrected chi connectivity index (χ0v) is 19.3. The molecule has 1 fully saturated rings. The van der Waals surface area contributed by atoms with E-state index in [1.807, 2.05) is 6.07 Å². The predicted octanol–water partition coefficient (Wildman–Crippen LogP) is 5.75. The number of alkyl halides is 3. The summed E-state index contributed by atoms with van der Waals surface area (Å²) in [5.41, 5.74) is 0.504. The van der Waals surface area contributed by atoms with Crippen molar-refractivity contribution in [2.24, 2.45) is 0 Å². The molecule has 0 saturated heterocycles. The van der Waals surface area contributed by atoms with Crippen LogP contribution in [0.3, 0.4) is 0 Å². The average Bonchev–Trinajstić information content (AvgIpc) is 3.03. The number of nitrogens with one attached hydrogen (secondary N) is 2. The number of halogens is 5. The van der Waals surface area contributed by atoms with Gasteiger partial charge in [-0.2, -0.15) is 13.2 Å². The van der Waals surface area contributed by atoms with Crippen molar-refractivity contribution in [2.75, 3.05) is 11.9 Å². The maximum atomic E-state index is 14.6. The van der Waals surface area contributed by atoms with Gasteiger partial charge in [0, 0.05) is 22.5 Å². The normalized spacial score (nSPS) is 22.9. The second-order valence-corrected chi connectivity index (χ2v) is 10.8. The van der Waals surface area contributed by atoms with Crippen molar-refractivity contribution < 1.29 is 26.0 Å². The van der Waals surface area contributed by atoms with E-state index in [4.69, 9.17) is 0 Å². The van der Waals surface area contributed by atoms with Crippen LogP contribution in [0.15, 0.2) is 57.9 Å². The summed E-state index contributed by atoms with van der Waals surface area (Å²) in [5.74, 6) is -0.388. The molecule has 1 saturated carbocycles. The molecule has 2 aromatic rings. The Balaban J connectivity index is 1.58. The first-order valence-electron chi connectivity index (χ1n) is 10.1. The molecule has 4 nitrogen and oxygen atoms in total. The van der Waals surface area contributed by atoms with E-state index in [0.717, 1.165) is 54.7 Å². The van der Waals surface area contributed by atoms with Gasteiger partial charge in [-0.3, -0.25) is 0 Å². The summed E-state index contributed by atoms with van der Waals surface area (Å²) < 4.78 is 81.3. The van der Waals surface area contributed by atoms with Gasteiger partial charge in [-0.25, -0.2) is 17.5 Å². The Labute approximate surface area is 192 Å². The highest BCUT2D eigenvalue weighted by molar-refractivity contribution is 9.10. The third-order valence-electron chi connectivity index (χ3n) is 6.35. The lowest BCUT2D eigenvalue weighted by atomic mass is 9.63. The lowest BCUT2D eigenvalue weighted by molar-refractivity contribution is -0.137. The summed E-state index contributed by atoms with van der Waals surface area (Å²) in [7, 11) is -4.02. The molecular formula is C22H21BrF4N2O2S. The summed E-state index contributed by atoms with van der Waals surface area (Å²) in [6, 6.07) is 6.46. The van der Waals surface area contributed by atoms with Crippen molar-refractivity contribution in [3.8, 4) is 0 Å². The van der Waals surface area contributed by atoms with Gasteiger partial charge in [-0.1, -0.05) is 28.1 Å². The van der Waals surface area contributed by atoms with Crippen LogP contribution in [0.25, 0.3) is 0 Å². The molecule has 0 amide bonds.